The van der Waals surface area contributed by atoms with Crippen molar-refractivity contribution >= 4 is 27.6 Å². The summed E-state index contributed by atoms with van der Waals surface area (Å²) in [6.07, 6.45) is 1.49. The number of urea groups is 1. The molecule has 0 saturated heterocycles. The SMILES string of the molecule is CCc1cccc(CC(NC(=O)NS(=O)(=O)c2ccccc2CC)C(=O)N(C)c2ccc(OC)cc2)c1. The first kappa shape index (κ1) is 27.7. The van der Waals surface area contributed by atoms with Crippen LogP contribution in [-0.2, 0) is 34.1 Å². The van der Waals surface area contributed by atoms with Gasteiger partial charge in [0.15, 0.2) is 0 Å². The zero-order chi connectivity index (χ0) is 27.0. The number of carbonyl (C=O) groups is 2. The van der Waals surface area contributed by atoms with Gasteiger partial charge in [-0.2, -0.15) is 0 Å². The van der Waals surface area contributed by atoms with E-state index in [0.717, 1.165) is 17.5 Å². The summed E-state index contributed by atoms with van der Waals surface area (Å²) in [5, 5.41) is 2.59. The normalized spacial score (nSPS) is 11.9. The Balaban J connectivity index is 1.86. The zero-order valence-corrected chi connectivity index (χ0v) is 22.3. The number of likely N-dealkylation sites (N-methyl/N-ethyl adjacent to an activating group) is 1. The average molecular weight is 524 g/mol. The lowest BCUT2D eigenvalue weighted by atomic mass is 10.0. The molecule has 3 aromatic carbocycles. The quantitative estimate of drug-likeness (QED) is 0.417. The van der Waals surface area contributed by atoms with Gasteiger partial charge in [-0.3, -0.25) is 4.79 Å². The fourth-order valence-corrected chi connectivity index (χ4v) is 5.23. The van der Waals surface area contributed by atoms with Gasteiger partial charge in [-0.15, -0.1) is 0 Å². The lowest BCUT2D eigenvalue weighted by molar-refractivity contribution is -0.120. The van der Waals surface area contributed by atoms with E-state index in [2.05, 4.69) is 10.0 Å². The van der Waals surface area contributed by atoms with E-state index in [0.29, 0.717) is 23.4 Å². The van der Waals surface area contributed by atoms with Gasteiger partial charge in [0.2, 0.25) is 5.91 Å². The summed E-state index contributed by atoms with van der Waals surface area (Å²) < 4.78 is 33.2. The van der Waals surface area contributed by atoms with Gasteiger partial charge in [0.05, 0.1) is 12.0 Å². The van der Waals surface area contributed by atoms with E-state index in [1.54, 1.807) is 56.6 Å². The van der Waals surface area contributed by atoms with Crippen LogP contribution in [-0.4, -0.2) is 40.6 Å². The molecule has 9 heteroatoms. The Kier molecular flexibility index (Phi) is 9.30. The molecule has 0 aliphatic rings. The van der Waals surface area contributed by atoms with E-state index in [1.165, 1.54) is 11.0 Å². The number of methoxy groups -OCH3 is 1. The highest BCUT2D eigenvalue weighted by molar-refractivity contribution is 7.90. The summed E-state index contributed by atoms with van der Waals surface area (Å²) in [6, 6.07) is 19.2. The highest BCUT2D eigenvalue weighted by Gasteiger charge is 2.28. The maximum Gasteiger partial charge on any atom is 0.329 e. The molecule has 0 heterocycles. The molecule has 3 rings (SSSR count). The molecule has 2 N–H and O–H groups in total. The van der Waals surface area contributed by atoms with Crippen LogP contribution in [0.4, 0.5) is 10.5 Å². The largest absolute Gasteiger partial charge is 0.497 e. The van der Waals surface area contributed by atoms with Gasteiger partial charge in [0, 0.05) is 19.2 Å². The van der Waals surface area contributed by atoms with Crippen LogP contribution in [0.1, 0.15) is 30.5 Å². The molecule has 1 unspecified atom stereocenters. The topological polar surface area (TPSA) is 105 Å². The first-order valence-electron chi connectivity index (χ1n) is 12.1. The number of sulfonamides is 1. The third-order valence-corrected chi connectivity index (χ3v) is 7.53. The molecule has 0 bridgehead atoms. The van der Waals surface area contributed by atoms with E-state index in [-0.39, 0.29) is 11.3 Å². The van der Waals surface area contributed by atoms with Crippen LogP contribution in [0.2, 0.25) is 0 Å². The molecule has 0 spiro atoms. The zero-order valence-electron chi connectivity index (χ0n) is 21.5. The number of nitrogens with one attached hydrogen (secondary N) is 2. The van der Waals surface area contributed by atoms with Gasteiger partial charge in [-0.1, -0.05) is 56.3 Å². The molecule has 3 aromatic rings. The molecule has 0 aliphatic heterocycles. The molecule has 3 amide bonds. The number of aryl methyl sites for hydroxylation is 2. The first-order chi connectivity index (χ1) is 17.7. The molecule has 8 nitrogen and oxygen atoms in total. The molecular formula is C28H33N3O5S. The van der Waals surface area contributed by atoms with Crippen LogP contribution in [0.15, 0.2) is 77.7 Å². The third kappa shape index (κ3) is 7.10. The molecule has 37 heavy (non-hydrogen) atoms. The van der Waals surface area contributed by atoms with Crippen molar-refractivity contribution < 1.29 is 22.7 Å². The molecule has 0 fully saturated rings. The minimum absolute atomic E-state index is 0.0292. The number of carbonyl (C=O) groups excluding carboxylic acids is 2. The number of anilines is 1. The predicted molar refractivity (Wildman–Crippen MR) is 144 cm³/mol. The summed E-state index contributed by atoms with van der Waals surface area (Å²) in [4.78, 5) is 27.9. The maximum absolute atomic E-state index is 13.5. The number of benzene rings is 3. The van der Waals surface area contributed by atoms with Crippen LogP contribution < -0.4 is 19.7 Å². The summed E-state index contributed by atoms with van der Waals surface area (Å²) in [5.41, 5.74) is 3.13. The van der Waals surface area contributed by atoms with Crippen molar-refractivity contribution in [3.63, 3.8) is 0 Å². The van der Waals surface area contributed by atoms with Crippen LogP contribution >= 0.6 is 0 Å². The van der Waals surface area contributed by atoms with Crippen molar-refractivity contribution in [2.75, 3.05) is 19.1 Å². The van der Waals surface area contributed by atoms with Crippen molar-refractivity contribution in [2.45, 2.75) is 44.0 Å². The molecule has 0 radical (unpaired) electrons. The number of rotatable bonds is 10. The van der Waals surface area contributed by atoms with Crippen molar-refractivity contribution in [2.24, 2.45) is 0 Å². The molecule has 0 aromatic heterocycles. The third-order valence-electron chi connectivity index (χ3n) is 6.10. The van der Waals surface area contributed by atoms with Crippen molar-refractivity contribution in [1.29, 1.82) is 0 Å². The van der Waals surface area contributed by atoms with E-state index in [9.17, 15) is 18.0 Å². The average Bonchev–Trinajstić information content (AvgIpc) is 2.91. The molecular weight excluding hydrogens is 490 g/mol. The molecule has 1 atom stereocenters. The number of ether oxygens (including phenoxy) is 1. The first-order valence-corrected chi connectivity index (χ1v) is 13.6. The standard InChI is InChI=1S/C28H33N3O5S/c1-5-20-10-9-11-21(18-20)19-25(27(32)31(3)23-14-16-24(36-4)17-15-23)29-28(33)30-37(34,35)26-13-8-7-12-22(26)6-2/h7-18,25H,5-6,19H2,1-4H3,(H2,29,30,33). The van der Waals surface area contributed by atoms with Crippen molar-refractivity contribution in [3.8, 4) is 5.75 Å². The van der Waals surface area contributed by atoms with E-state index >= 15 is 0 Å². The number of nitrogens with zero attached hydrogens (tertiary/aromatic N) is 1. The Hall–Kier alpha value is -3.85. The Morgan fingerprint density at radius 1 is 0.919 bits per heavy atom. The van der Waals surface area contributed by atoms with Gasteiger partial charge < -0.3 is 15.0 Å². The molecule has 0 aliphatic carbocycles. The molecule has 0 saturated carbocycles. The van der Waals surface area contributed by atoms with E-state index in [4.69, 9.17) is 4.74 Å². The summed E-state index contributed by atoms with van der Waals surface area (Å²) in [5.74, 6) is 0.251. The van der Waals surface area contributed by atoms with Crippen LogP contribution in [0.3, 0.4) is 0 Å². The maximum atomic E-state index is 13.5. The summed E-state index contributed by atoms with van der Waals surface area (Å²) >= 11 is 0. The Morgan fingerprint density at radius 2 is 1.59 bits per heavy atom. The Bertz CT molecular complexity index is 1340. The van der Waals surface area contributed by atoms with Crippen LogP contribution in [0.25, 0.3) is 0 Å². The van der Waals surface area contributed by atoms with Crippen molar-refractivity contribution in [1.82, 2.24) is 10.0 Å². The molecule has 196 valence electrons. The van der Waals surface area contributed by atoms with Gasteiger partial charge in [0.25, 0.3) is 10.0 Å². The van der Waals surface area contributed by atoms with Crippen molar-refractivity contribution in [3.05, 3.63) is 89.5 Å². The van der Waals surface area contributed by atoms with Gasteiger partial charge in [-0.05, 0) is 59.9 Å². The minimum Gasteiger partial charge on any atom is -0.497 e. The summed E-state index contributed by atoms with van der Waals surface area (Å²) in [7, 11) is -0.978. The number of amides is 3. The number of hydrogen-bond acceptors (Lipinski definition) is 5. The second-order valence-corrected chi connectivity index (χ2v) is 10.2. The van der Waals surface area contributed by atoms with Gasteiger partial charge in [0.1, 0.15) is 11.8 Å². The Labute approximate surface area is 218 Å². The number of hydrogen-bond donors (Lipinski definition) is 2. The second kappa shape index (κ2) is 12.4. The monoisotopic (exact) mass is 523 g/mol. The Morgan fingerprint density at radius 3 is 2.24 bits per heavy atom. The second-order valence-electron chi connectivity index (χ2n) is 8.57. The minimum atomic E-state index is -4.14. The fraction of sp³-hybridized carbons (Fsp3) is 0.286. The highest BCUT2D eigenvalue weighted by atomic mass is 32.2. The highest BCUT2D eigenvalue weighted by Crippen LogP contribution is 2.20. The smallest absolute Gasteiger partial charge is 0.329 e. The van der Waals surface area contributed by atoms with Gasteiger partial charge in [-0.25, -0.2) is 17.9 Å². The summed E-state index contributed by atoms with van der Waals surface area (Å²) in [6.45, 7) is 3.87. The lowest BCUT2D eigenvalue weighted by Gasteiger charge is -2.25. The lowest BCUT2D eigenvalue weighted by Crippen LogP contribution is -2.52. The predicted octanol–water partition coefficient (Wildman–Crippen LogP) is 4.08. The van der Waals surface area contributed by atoms with Crippen LogP contribution in [0.5, 0.6) is 5.75 Å². The van der Waals surface area contributed by atoms with E-state index < -0.39 is 28.0 Å². The fourth-order valence-electron chi connectivity index (χ4n) is 4.00. The van der Waals surface area contributed by atoms with Crippen LogP contribution in [0, 0.1) is 0 Å². The van der Waals surface area contributed by atoms with E-state index in [1.807, 2.05) is 38.1 Å². The van der Waals surface area contributed by atoms with Gasteiger partial charge >= 0.3 is 6.03 Å².